The van der Waals surface area contributed by atoms with Crippen molar-refractivity contribution in [3.63, 3.8) is 0 Å². The Kier molecular flexibility index (Phi) is 5.22. The van der Waals surface area contributed by atoms with Gasteiger partial charge in [0.25, 0.3) is 0 Å². The van der Waals surface area contributed by atoms with E-state index in [0.717, 1.165) is 31.8 Å². The maximum absolute atomic E-state index is 8.74. The maximum Gasteiger partial charge on any atom is 0.119 e. The van der Waals surface area contributed by atoms with Crippen LogP contribution in [0.15, 0.2) is 24.3 Å². The number of rotatable bonds is 5. The highest BCUT2D eigenvalue weighted by Crippen LogP contribution is 2.20. The van der Waals surface area contributed by atoms with Crippen LogP contribution in [0.3, 0.4) is 0 Å². The van der Waals surface area contributed by atoms with Crippen LogP contribution in [0.2, 0.25) is 0 Å². The van der Waals surface area contributed by atoms with E-state index < -0.39 is 0 Å². The fourth-order valence-corrected chi connectivity index (χ4v) is 2.86. The molecule has 0 aromatic heterocycles. The van der Waals surface area contributed by atoms with Crippen LogP contribution in [0.5, 0.6) is 5.75 Å². The Morgan fingerprint density at radius 3 is 2.71 bits per heavy atom. The van der Waals surface area contributed by atoms with Gasteiger partial charge >= 0.3 is 0 Å². The highest BCUT2D eigenvalue weighted by atomic mass is 16.5. The molecule has 0 N–H and O–H groups in total. The van der Waals surface area contributed by atoms with Gasteiger partial charge in [-0.05, 0) is 51.5 Å². The molecule has 114 valence electrons. The van der Waals surface area contributed by atoms with Crippen molar-refractivity contribution in [1.82, 2.24) is 4.90 Å². The van der Waals surface area contributed by atoms with Crippen molar-refractivity contribution < 1.29 is 9.47 Å². The fourth-order valence-electron chi connectivity index (χ4n) is 2.86. The van der Waals surface area contributed by atoms with E-state index in [-0.39, 0.29) is 11.7 Å². The number of morpholine rings is 1. The highest BCUT2D eigenvalue weighted by Gasteiger charge is 2.30. The second kappa shape index (κ2) is 6.93. The molecule has 1 heterocycles. The second-order valence-electron chi connectivity index (χ2n) is 6.26. The third kappa shape index (κ3) is 5.04. The molecule has 21 heavy (non-hydrogen) atoms. The SMILES string of the molecule is CC1CN(CCCOc2ccc(C#N)cc2)CC(C)(C)O1. The lowest BCUT2D eigenvalue weighted by Crippen LogP contribution is -2.52. The quantitative estimate of drug-likeness (QED) is 0.782. The van der Waals surface area contributed by atoms with Crippen molar-refractivity contribution >= 4 is 0 Å². The summed E-state index contributed by atoms with van der Waals surface area (Å²) in [5.74, 6) is 0.824. The lowest BCUT2D eigenvalue weighted by molar-refractivity contribution is -0.129. The molecule has 0 radical (unpaired) electrons. The topological polar surface area (TPSA) is 45.5 Å². The van der Waals surface area contributed by atoms with Gasteiger partial charge in [-0.15, -0.1) is 0 Å². The van der Waals surface area contributed by atoms with Gasteiger partial charge in [0, 0.05) is 19.6 Å². The van der Waals surface area contributed by atoms with E-state index in [0.29, 0.717) is 12.2 Å². The van der Waals surface area contributed by atoms with Gasteiger partial charge in [-0.25, -0.2) is 0 Å². The van der Waals surface area contributed by atoms with Crippen LogP contribution in [0.25, 0.3) is 0 Å². The van der Waals surface area contributed by atoms with Crippen molar-refractivity contribution in [2.75, 3.05) is 26.2 Å². The summed E-state index contributed by atoms with van der Waals surface area (Å²) >= 11 is 0. The molecule has 1 aromatic rings. The molecule has 0 bridgehead atoms. The summed E-state index contributed by atoms with van der Waals surface area (Å²) < 4.78 is 11.6. The number of hydrogen-bond acceptors (Lipinski definition) is 4. The van der Waals surface area contributed by atoms with E-state index >= 15 is 0 Å². The van der Waals surface area contributed by atoms with Crippen molar-refractivity contribution in [2.45, 2.75) is 38.9 Å². The standard InChI is InChI=1S/C17H24N2O2/c1-14-12-19(13-17(2,3)21-14)9-4-10-20-16-7-5-15(11-18)6-8-16/h5-8,14H,4,9-10,12-13H2,1-3H3. The Labute approximate surface area is 127 Å². The first kappa shape index (κ1) is 15.8. The molecule has 0 amide bonds. The van der Waals surface area contributed by atoms with Crippen LogP contribution in [0.1, 0.15) is 32.8 Å². The summed E-state index contributed by atoms with van der Waals surface area (Å²) in [5, 5.41) is 8.74. The molecule has 1 aromatic carbocycles. The van der Waals surface area contributed by atoms with Gasteiger partial charge in [0.05, 0.1) is 29.9 Å². The Hall–Kier alpha value is -1.57. The third-order valence-electron chi connectivity index (χ3n) is 3.51. The van der Waals surface area contributed by atoms with Crippen LogP contribution in [0.4, 0.5) is 0 Å². The van der Waals surface area contributed by atoms with E-state index in [9.17, 15) is 0 Å². The van der Waals surface area contributed by atoms with Crippen molar-refractivity contribution in [3.05, 3.63) is 29.8 Å². The lowest BCUT2D eigenvalue weighted by Gasteiger charge is -2.41. The van der Waals surface area contributed by atoms with Gasteiger partial charge in [0.1, 0.15) is 5.75 Å². The molecule has 0 aliphatic carbocycles. The van der Waals surface area contributed by atoms with Gasteiger partial charge in [0.2, 0.25) is 0 Å². The summed E-state index contributed by atoms with van der Waals surface area (Å²) in [6.07, 6.45) is 1.27. The molecule has 1 fully saturated rings. The van der Waals surface area contributed by atoms with Crippen LogP contribution in [-0.2, 0) is 4.74 Å². The molecule has 1 saturated heterocycles. The first-order valence-corrected chi connectivity index (χ1v) is 7.52. The number of hydrogen-bond donors (Lipinski definition) is 0. The molecule has 1 aliphatic heterocycles. The first-order valence-electron chi connectivity index (χ1n) is 7.52. The average Bonchev–Trinajstić information content (AvgIpc) is 2.42. The zero-order chi connectivity index (χ0) is 15.3. The third-order valence-corrected chi connectivity index (χ3v) is 3.51. The van der Waals surface area contributed by atoms with Gasteiger partial charge in [-0.1, -0.05) is 0 Å². The minimum atomic E-state index is -0.0638. The van der Waals surface area contributed by atoms with Crippen LogP contribution < -0.4 is 4.74 Å². The largest absolute Gasteiger partial charge is 0.494 e. The Morgan fingerprint density at radius 1 is 1.38 bits per heavy atom. The molecule has 1 aliphatic rings. The zero-order valence-corrected chi connectivity index (χ0v) is 13.1. The average molecular weight is 288 g/mol. The molecule has 0 spiro atoms. The summed E-state index contributed by atoms with van der Waals surface area (Å²) in [5.41, 5.74) is 0.595. The van der Waals surface area contributed by atoms with E-state index in [1.807, 2.05) is 12.1 Å². The maximum atomic E-state index is 8.74. The molecular weight excluding hydrogens is 264 g/mol. The van der Waals surface area contributed by atoms with Gasteiger partial charge < -0.3 is 9.47 Å². The van der Waals surface area contributed by atoms with E-state index in [4.69, 9.17) is 14.7 Å². The summed E-state index contributed by atoms with van der Waals surface area (Å²) in [4.78, 5) is 2.44. The summed E-state index contributed by atoms with van der Waals surface area (Å²) in [7, 11) is 0. The number of benzene rings is 1. The molecule has 2 rings (SSSR count). The van der Waals surface area contributed by atoms with E-state index in [1.54, 1.807) is 12.1 Å². The predicted octanol–water partition coefficient (Wildman–Crippen LogP) is 2.83. The molecule has 0 saturated carbocycles. The lowest BCUT2D eigenvalue weighted by atomic mass is 10.1. The molecule has 4 heteroatoms. The first-order chi connectivity index (χ1) is 9.98. The predicted molar refractivity (Wildman–Crippen MR) is 82.3 cm³/mol. The van der Waals surface area contributed by atoms with Gasteiger partial charge in [0.15, 0.2) is 0 Å². The van der Waals surface area contributed by atoms with Crippen LogP contribution >= 0.6 is 0 Å². The minimum absolute atomic E-state index is 0.0638. The monoisotopic (exact) mass is 288 g/mol. The van der Waals surface area contributed by atoms with Crippen molar-refractivity contribution in [1.29, 1.82) is 5.26 Å². The van der Waals surface area contributed by atoms with Gasteiger partial charge in [-0.3, -0.25) is 4.90 Å². The fraction of sp³-hybridized carbons (Fsp3) is 0.588. The normalized spacial score (nSPS) is 21.7. The summed E-state index contributed by atoms with van der Waals surface area (Å²) in [6, 6.07) is 9.35. The smallest absolute Gasteiger partial charge is 0.119 e. The number of ether oxygens (including phenoxy) is 2. The van der Waals surface area contributed by atoms with Crippen LogP contribution in [0, 0.1) is 11.3 Å². The zero-order valence-electron chi connectivity index (χ0n) is 13.1. The minimum Gasteiger partial charge on any atom is -0.494 e. The van der Waals surface area contributed by atoms with Gasteiger partial charge in [-0.2, -0.15) is 5.26 Å². The Bertz CT molecular complexity index is 491. The second-order valence-corrected chi connectivity index (χ2v) is 6.26. The Morgan fingerprint density at radius 2 is 2.10 bits per heavy atom. The van der Waals surface area contributed by atoms with Crippen molar-refractivity contribution in [3.8, 4) is 11.8 Å². The highest BCUT2D eigenvalue weighted by molar-refractivity contribution is 5.34. The molecule has 4 nitrogen and oxygen atoms in total. The number of nitrogens with zero attached hydrogens (tertiary/aromatic N) is 2. The molecule has 1 atom stereocenters. The van der Waals surface area contributed by atoms with Crippen LogP contribution in [-0.4, -0.2) is 42.8 Å². The van der Waals surface area contributed by atoms with Crippen molar-refractivity contribution in [2.24, 2.45) is 0 Å². The summed E-state index contributed by atoms with van der Waals surface area (Å²) in [6.45, 7) is 10.1. The molecule has 1 unspecified atom stereocenters. The van der Waals surface area contributed by atoms with E-state index in [2.05, 4.69) is 31.7 Å². The van der Waals surface area contributed by atoms with E-state index in [1.165, 1.54) is 0 Å². The Balaban J connectivity index is 1.70. The number of nitriles is 1. The molecular formula is C17H24N2O2.